The zero-order chi connectivity index (χ0) is 14.8. The van der Waals surface area contributed by atoms with Crippen molar-refractivity contribution < 1.29 is 4.92 Å². The minimum Gasteiger partial charge on any atom is -0.383 e. The number of nitrogens with zero attached hydrogens (tertiary/aromatic N) is 3. The molecule has 2 aromatic rings. The van der Waals surface area contributed by atoms with Gasteiger partial charge < -0.3 is 10.2 Å². The van der Waals surface area contributed by atoms with Crippen molar-refractivity contribution in [2.75, 3.05) is 25.5 Å². The van der Waals surface area contributed by atoms with Crippen molar-refractivity contribution in [1.29, 1.82) is 0 Å². The van der Waals surface area contributed by atoms with Crippen molar-refractivity contribution in [3.05, 3.63) is 40.6 Å². The minimum absolute atomic E-state index is 0.0501. The van der Waals surface area contributed by atoms with Crippen LogP contribution in [0.25, 0.3) is 10.9 Å². The van der Waals surface area contributed by atoms with Gasteiger partial charge in [0.1, 0.15) is 5.52 Å². The quantitative estimate of drug-likeness (QED) is 0.691. The number of likely N-dealkylation sites (tertiary alicyclic amines) is 1. The van der Waals surface area contributed by atoms with Crippen molar-refractivity contribution in [3.8, 4) is 0 Å². The van der Waals surface area contributed by atoms with Gasteiger partial charge >= 0.3 is 0 Å². The summed E-state index contributed by atoms with van der Waals surface area (Å²) in [5.74, 6) is 0. The number of nitro groups is 1. The molecule has 1 aromatic carbocycles. The monoisotopic (exact) mass is 286 g/mol. The van der Waals surface area contributed by atoms with Crippen LogP contribution in [0.3, 0.4) is 0 Å². The molecule has 0 aliphatic carbocycles. The van der Waals surface area contributed by atoms with E-state index in [0.29, 0.717) is 11.6 Å². The Labute approximate surface area is 122 Å². The Morgan fingerprint density at radius 3 is 3.05 bits per heavy atom. The Kier molecular flexibility index (Phi) is 3.70. The van der Waals surface area contributed by atoms with Gasteiger partial charge in [0.25, 0.3) is 5.69 Å². The van der Waals surface area contributed by atoms with Crippen LogP contribution in [0.5, 0.6) is 0 Å². The van der Waals surface area contributed by atoms with Crippen LogP contribution in [-0.4, -0.2) is 41.0 Å². The second kappa shape index (κ2) is 5.65. The molecule has 2 heterocycles. The fourth-order valence-corrected chi connectivity index (χ4v) is 2.92. The lowest BCUT2D eigenvalue weighted by atomic mass is 10.1. The first-order valence-corrected chi connectivity index (χ1v) is 7.13. The number of fused-ring (bicyclic) bond motifs is 1. The molecule has 1 aromatic heterocycles. The van der Waals surface area contributed by atoms with E-state index < -0.39 is 0 Å². The van der Waals surface area contributed by atoms with Gasteiger partial charge in [-0.25, -0.2) is 4.98 Å². The van der Waals surface area contributed by atoms with Crippen LogP contribution >= 0.6 is 0 Å². The number of anilines is 1. The molecule has 1 saturated heterocycles. The smallest absolute Gasteiger partial charge is 0.295 e. The van der Waals surface area contributed by atoms with Crippen molar-refractivity contribution >= 4 is 22.3 Å². The molecular weight excluding hydrogens is 268 g/mol. The summed E-state index contributed by atoms with van der Waals surface area (Å²) in [6, 6.07) is 7.49. The Bertz CT molecular complexity index is 674. The molecule has 1 aliphatic heterocycles. The van der Waals surface area contributed by atoms with E-state index >= 15 is 0 Å². The molecule has 1 N–H and O–H groups in total. The third kappa shape index (κ3) is 2.67. The van der Waals surface area contributed by atoms with Gasteiger partial charge in [0.2, 0.25) is 0 Å². The zero-order valence-corrected chi connectivity index (χ0v) is 12.0. The number of nitro benzene ring substituents is 1. The van der Waals surface area contributed by atoms with Crippen molar-refractivity contribution in [1.82, 2.24) is 9.88 Å². The Hall–Kier alpha value is -2.21. The lowest BCUT2D eigenvalue weighted by molar-refractivity contribution is -0.383. The molecule has 110 valence electrons. The van der Waals surface area contributed by atoms with E-state index in [2.05, 4.69) is 22.2 Å². The Morgan fingerprint density at radius 1 is 1.48 bits per heavy atom. The standard InChI is InChI=1S/C15H18N4O2/c1-18-9-3-4-11(18)10-17-13-6-7-14(19(20)21)15-12(13)5-2-8-16-15/h2,5-8,11,17H,3-4,9-10H2,1H3. The highest BCUT2D eigenvalue weighted by atomic mass is 16.6. The van der Waals surface area contributed by atoms with Gasteiger partial charge in [-0.2, -0.15) is 0 Å². The largest absolute Gasteiger partial charge is 0.383 e. The number of benzene rings is 1. The first-order chi connectivity index (χ1) is 10.2. The molecule has 1 aliphatic rings. The van der Waals surface area contributed by atoms with Crippen molar-refractivity contribution in [2.24, 2.45) is 0 Å². The normalized spacial score (nSPS) is 19.0. The van der Waals surface area contributed by atoms with Gasteiger partial charge in [0, 0.05) is 35.9 Å². The molecule has 6 heteroatoms. The first kappa shape index (κ1) is 13.8. The number of nitrogens with one attached hydrogen (secondary N) is 1. The van der Waals surface area contributed by atoms with Gasteiger partial charge in [-0.3, -0.25) is 10.1 Å². The summed E-state index contributed by atoms with van der Waals surface area (Å²) in [6.07, 6.45) is 4.00. The van der Waals surface area contributed by atoms with Gasteiger partial charge in [0.15, 0.2) is 0 Å². The number of non-ortho nitro benzene ring substituents is 1. The Balaban J connectivity index is 1.89. The van der Waals surface area contributed by atoms with Crippen LogP contribution in [0.1, 0.15) is 12.8 Å². The predicted molar refractivity (Wildman–Crippen MR) is 82.5 cm³/mol. The summed E-state index contributed by atoms with van der Waals surface area (Å²) >= 11 is 0. The van der Waals surface area contributed by atoms with Crippen LogP contribution in [0.2, 0.25) is 0 Å². The molecule has 21 heavy (non-hydrogen) atoms. The molecular formula is C15H18N4O2. The molecule has 6 nitrogen and oxygen atoms in total. The molecule has 0 radical (unpaired) electrons. The van der Waals surface area contributed by atoms with E-state index in [1.54, 1.807) is 18.3 Å². The molecule has 1 atom stereocenters. The molecule has 0 amide bonds. The highest BCUT2D eigenvalue weighted by Gasteiger charge is 2.21. The number of likely N-dealkylation sites (N-methyl/N-ethyl adjacent to an activating group) is 1. The molecule has 0 bridgehead atoms. The lowest BCUT2D eigenvalue weighted by Gasteiger charge is -2.20. The number of pyridine rings is 1. The third-order valence-electron chi connectivity index (χ3n) is 4.14. The highest BCUT2D eigenvalue weighted by molar-refractivity contribution is 5.96. The molecule has 1 unspecified atom stereocenters. The van der Waals surface area contributed by atoms with Gasteiger partial charge in [-0.15, -0.1) is 0 Å². The van der Waals surface area contributed by atoms with E-state index in [0.717, 1.165) is 24.2 Å². The van der Waals surface area contributed by atoms with E-state index in [-0.39, 0.29) is 10.6 Å². The second-order valence-electron chi connectivity index (χ2n) is 5.45. The second-order valence-corrected chi connectivity index (χ2v) is 5.45. The summed E-state index contributed by atoms with van der Waals surface area (Å²) in [6.45, 7) is 1.98. The lowest BCUT2D eigenvalue weighted by Crippen LogP contribution is -2.31. The summed E-state index contributed by atoms with van der Waals surface area (Å²) in [7, 11) is 2.13. The van der Waals surface area contributed by atoms with Crippen LogP contribution < -0.4 is 5.32 Å². The van der Waals surface area contributed by atoms with Crippen molar-refractivity contribution in [2.45, 2.75) is 18.9 Å². The number of hydrogen-bond donors (Lipinski definition) is 1. The fraction of sp³-hybridized carbons (Fsp3) is 0.400. The number of aromatic nitrogens is 1. The van der Waals surface area contributed by atoms with E-state index in [9.17, 15) is 10.1 Å². The number of hydrogen-bond acceptors (Lipinski definition) is 5. The minimum atomic E-state index is -0.385. The van der Waals surface area contributed by atoms with Crippen LogP contribution in [-0.2, 0) is 0 Å². The van der Waals surface area contributed by atoms with Gasteiger partial charge in [0.05, 0.1) is 4.92 Å². The van der Waals surface area contributed by atoms with Crippen LogP contribution in [0.15, 0.2) is 30.5 Å². The molecule has 0 saturated carbocycles. The maximum absolute atomic E-state index is 11.1. The average Bonchev–Trinajstić information content (AvgIpc) is 2.89. The van der Waals surface area contributed by atoms with E-state index in [1.807, 2.05) is 6.07 Å². The molecule has 1 fully saturated rings. The summed E-state index contributed by atoms with van der Waals surface area (Å²) in [5.41, 5.74) is 1.39. The zero-order valence-electron chi connectivity index (χ0n) is 12.0. The highest BCUT2D eigenvalue weighted by Crippen LogP contribution is 2.30. The molecule has 3 rings (SSSR count). The maximum Gasteiger partial charge on any atom is 0.295 e. The van der Waals surface area contributed by atoms with Crippen molar-refractivity contribution in [3.63, 3.8) is 0 Å². The topological polar surface area (TPSA) is 71.3 Å². The van der Waals surface area contributed by atoms with E-state index in [1.165, 1.54) is 18.9 Å². The third-order valence-corrected chi connectivity index (χ3v) is 4.14. The number of rotatable bonds is 4. The van der Waals surface area contributed by atoms with Gasteiger partial charge in [-0.05, 0) is 44.6 Å². The van der Waals surface area contributed by atoms with Crippen LogP contribution in [0, 0.1) is 10.1 Å². The first-order valence-electron chi connectivity index (χ1n) is 7.13. The summed E-state index contributed by atoms with van der Waals surface area (Å²) < 4.78 is 0. The molecule has 0 spiro atoms. The maximum atomic E-state index is 11.1. The van der Waals surface area contributed by atoms with Gasteiger partial charge in [-0.1, -0.05) is 0 Å². The predicted octanol–water partition coefficient (Wildman–Crippen LogP) is 2.65. The SMILES string of the molecule is CN1CCCC1CNc1ccc([N+](=O)[O-])c2ncccc12. The summed E-state index contributed by atoms with van der Waals surface area (Å²) in [5, 5.41) is 15.3. The van der Waals surface area contributed by atoms with E-state index in [4.69, 9.17) is 0 Å². The van der Waals surface area contributed by atoms with Crippen LogP contribution in [0.4, 0.5) is 11.4 Å². The fourth-order valence-electron chi connectivity index (χ4n) is 2.92. The summed E-state index contributed by atoms with van der Waals surface area (Å²) in [4.78, 5) is 17.2. The Morgan fingerprint density at radius 2 is 2.33 bits per heavy atom. The average molecular weight is 286 g/mol.